The maximum atomic E-state index is 13.2. The lowest BCUT2D eigenvalue weighted by atomic mass is 9.85. The molecule has 2 heterocycles. The molecule has 154 valence electrons. The quantitative estimate of drug-likeness (QED) is 0.699. The van der Waals surface area contributed by atoms with Gasteiger partial charge in [-0.15, -0.1) is 0 Å². The average molecular weight is 392 g/mol. The Morgan fingerprint density at radius 2 is 1.64 bits per heavy atom. The van der Waals surface area contributed by atoms with Crippen LogP contribution < -0.4 is 14.2 Å². The van der Waals surface area contributed by atoms with Crippen molar-refractivity contribution in [3.8, 4) is 17.2 Å². The van der Waals surface area contributed by atoms with Crippen LogP contribution in [-0.2, 0) is 9.53 Å². The molecule has 1 atom stereocenters. The molecule has 3 rings (SSSR count). The molecule has 0 bridgehead atoms. The highest BCUT2D eigenvalue weighted by Gasteiger charge is 2.51. The van der Waals surface area contributed by atoms with E-state index in [-0.39, 0.29) is 11.8 Å². The van der Waals surface area contributed by atoms with Gasteiger partial charge in [0.1, 0.15) is 5.75 Å². The number of methoxy groups -OCH3 is 4. The monoisotopic (exact) mass is 392 g/mol. The fraction of sp³-hybridized carbons (Fsp3) is 0.600. The number of hydrogen-bond acceptors (Lipinski definition) is 6. The van der Waals surface area contributed by atoms with Gasteiger partial charge in [0.05, 0.1) is 38.9 Å². The Morgan fingerprint density at radius 3 is 2.29 bits per heavy atom. The lowest BCUT2D eigenvalue weighted by molar-refractivity contribution is -0.135. The van der Waals surface area contributed by atoms with Gasteiger partial charge >= 0.3 is 0 Å². The second kappa shape index (κ2) is 8.26. The van der Waals surface area contributed by atoms with Crippen molar-refractivity contribution in [2.75, 3.05) is 61.2 Å². The van der Waals surface area contributed by atoms with Crippen molar-refractivity contribution in [3.63, 3.8) is 0 Å². The third-order valence-corrected chi connectivity index (χ3v) is 5.74. The highest BCUT2D eigenvalue weighted by atomic mass is 16.5. The molecule has 1 aromatic rings. The van der Waals surface area contributed by atoms with Gasteiger partial charge in [-0.1, -0.05) is 0 Å². The van der Waals surface area contributed by atoms with Crippen molar-refractivity contribution in [3.05, 3.63) is 17.7 Å². The molecule has 2 aliphatic rings. The second-order valence-corrected chi connectivity index (χ2v) is 7.20. The van der Waals surface area contributed by atoms with Gasteiger partial charge in [-0.3, -0.25) is 9.59 Å². The van der Waals surface area contributed by atoms with E-state index in [1.807, 2.05) is 4.90 Å². The van der Waals surface area contributed by atoms with Crippen LogP contribution in [0.1, 0.15) is 23.2 Å². The van der Waals surface area contributed by atoms with Crippen molar-refractivity contribution >= 4 is 11.8 Å². The normalized spacial score (nSPS) is 21.5. The minimum Gasteiger partial charge on any atom is -0.496 e. The molecule has 8 heteroatoms. The standard InChI is InChI=1S/C20H28N2O6/c1-25-10-9-21-7-5-20(19(21)24)6-8-22(13-20)18(23)14-11-16(27-3)17(28-4)12-15(14)26-2/h11-12H,5-10,13H2,1-4H3. The number of nitrogens with zero attached hydrogens (tertiary/aromatic N) is 2. The molecule has 8 nitrogen and oxygen atoms in total. The average Bonchev–Trinajstić information content (AvgIpc) is 3.29. The summed E-state index contributed by atoms with van der Waals surface area (Å²) in [5, 5.41) is 0. The zero-order valence-electron chi connectivity index (χ0n) is 16.9. The van der Waals surface area contributed by atoms with E-state index < -0.39 is 5.41 Å². The molecule has 2 amide bonds. The first-order chi connectivity index (χ1) is 13.5. The number of carbonyl (C=O) groups excluding carboxylic acids is 2. The SMILES string of the molecule is COCCN1CCC2(CCN(C(=O)c3cc(OC)c(OC)cc3OC)C2)C1=O. The first kappa shape index (κ1) is 20.3. The summed E-state index contributed by atoms with van der Waals surface area (Å²) in [4.78, 5) is 29.7. The number of carbonyl (C=O) groups is 2. The molecule has 2 saturated heterocycles. The predicted octanol–water partition coefficient (Wildman–Crippen LogP) is 1.42. The van der Waals surface area contributed by atoms with Crippen molar-refractivity contribution < 1.29 is 28.5 Å². The molecular formula is C20H28N2O6. The van der Waals surface area contributed by atoms with Crippen LogP contribution in [0.5, 0.6) is 17.2 Å². The molecule has 0 N–H and O–H groups in total. The van der Waals surface area contributed by atoms with Crippen LogP contribution in [0, 0.1) is 5.41 Å². The zero-order valence-corrected chi connectivity index (χ0v) is 16.9. The molecule has 0 aromatic heterocycles. The van der Waals surface area contributed by atoms with E-state index in [0.717, 1.165) is 6.42 Å². The Hall–Kier alpha value is -2.48. The van der Waals surface area contributed by atoms with Gasteiger partial charge < -0.3 is 28.7 Å². The van der Waals surface area contributed by atoms with Crippen molar-refractivity contribution in [1.82, 2.24) is 9.80 Å². The Morgan fingerprint density at radius 1 is 1.00 bits per heavy atom. The molecule has 28 heavy (non-hydrogen) atoms. The molecular weight excluding hydrogens is 364 g/mol. The van der Waals surface area contributed by atoms with Gasteiger partial charge in [0.15, 0.2) is 11.5 Å². The lowest BCUT2D eigenvalue weighted by Crippen LogP contribution is -2.39. The minimum atomic E-state index is -0.479. The van der Waals surface area contributed by atoms with Crippen LogP contribution in [-0.4, -0.2) is 82.8 Å². The Kier molecular flexibility index (Phi) is 5.98. The number of amides is 2. The lowest BCUT2D eigenvalue weighted by Gasteiger charge is -2.24. The third-order valence-electron chi connectivity index (χ3n) is 5.74. The summed E-state index contributed by atoms with van der Waals surface area (Å²) in [6.45, 7) is 2.79. The van der Waals surface area contributed by atoms with Gasteiger partial charge in [0.2, 0.25) is 5.91 Å². The topological polar surface area (TPSA) is 77.5 Å². The smallest absolute Gasteiger partial charge is 0.257 e. The third kappa shape index (κ3) is 3.48. The molecule has 1 aromatic carbocycles. The molecule has 1 spiro atoms. The van der Waals surface area contributed by atoms with Crippen LogP contribution in [0.15, 0.2) is 12.1 Å². The van der Waals surface area contributed by atoms with E-state index in [1.165, 1.54) is 21.3 Å². The molecule has 2 fully saturated rings. The maximum absolute atomic E-state index is 13.2. The highest BCUT2D eigenvalue weighted by Crippen LogP contribution is 2.42. The van der Waals surface area contributed by atoms with E-state index in [2.05, 4.69) is 0 Å². The fourth-order valence-corrected chi connectivity index (χ4v) is 4.10. The van der Waals surface area contributed by atoms with E-state index in [9.17, 15) is 9.59 Å². The fourth-order valence-electron chi connectivity index (χ4n) is 4.10. The number of rotatable bonds is 7. The van der Waals surface area contributed by atoms with E-state index in [1.54, 1.807) is 24.1 Å². The van der Waals surface area contributed by atoms with Crippen molar-refractivity contribution in [2.45, 2.75) is 12.8 Å². The summed E-state index contributed by atoms with van der Waals surface area (Å²) in [5.41, 5.74) is -0.0772. The second-order valence-electron chi connectivity index (χ2n) is 7.20. The molecule has 0 radical (unpaired) electrons. The van der Waals surface area contributed by atoms with Crippen molar-refractivity contribution in [2.24, 2.45) is 5.41 Å². The molecule has 1 unspecified atom stereocenters. The summed E-state index contributed by atoms with van der Waals surface area (Å²) in [6.07, 6.45) is 1.44. The van der Waals surface area contributed by atoms with Crippen LogP contribution in [0.25, 0.3) is 0 Å². The van der Waals surface area contributed by atoms with Gasteiger partial charge in [-0.25, -0.2) is 0 Å². The number of likely N-dealkylation sites (tertiary alicyclic amines) is 2. The summed E-state index contributed by atoms with van der Waals surface area (Å²) >= 11 is 0. The highest BCUT2D eigenvalue weighted by molar-refractivity contribution is 5.99. The van der Waals surface area contributed by atoms with Crippen LogP contribution >= 0.6 is 0 Å². The minimum absolute atomic E-state index is 0.124. The summed E-state index contributed by atoms with van der Waals surface area (Å²) in [5.74, 6) is 1.33. The Bertz CT molecular complexity index is 752. The Labute approximate surface area is 165 Å². The predicted molar refractivity (Wildman–Crippen MR) is 102 cm³/mol. The largest absolute Gasteiger partial charge is 0.496 e. The van der Waals surface area contributed by atoms with Crippen LogP contribution in [0.2, 0.25) is 0 Å². The number of hydrogen-bond donors (Lipinski definition) is 0. The van der Waals surface area contributed by atoms with Gasteiger partial charge in [0, 0.05) is 45.4 Å². The van der Waals surface area contributed by atoms with E-state index in [4.69, 9.17) is 18.9 Å². The van der Waals surface area contributed by atoms with Gasteiger partial charge in [0.25, 0.3) is 5.91 Å². The maximum Gasteiger partial charge on any atom is 0.257 e. The molecule has 2 aliphatic heterocycles. The van der Waals surface area contributed by atoms with Crippen LogP contribution in [0.4, 0.5) is 0 Å². The number of ether oxygens (including phenoxy) is 4. The summed E-state index contributed by atoms with van der Waals surface area (Å²) < 4.78 is 21.1. The number of benzene rings is 1. The van der Waals surface area contributed by atoms with Crippen LogP contribution in [0.3, 0.4) is 0 Å². The van der Waals surface area contributed by atoms with Gasteiger partial charge in [-0.05, 0) is 12.8 Å². The van der Waals surface area contributed by atoms with Gasteiger partial charge in [-0.2, -0.15) is 0 Å². The Balaban J connectivity index is 1.79. The molecule has 0 aliphatic carbocycles. The van der Waals surface area contributed by atoms with E-state index >= 15 is 0 Å². The van der Waals surface area contributed by atoms with Crippen molar-refractivity contribution in [1.29, 1.82) is 0 Å². The first-order valence-electron chi connectivity index (χ1n) is 9.37. The summed E-state index contributed by atoms with van der Waals surface area (Å²) in [7, 11) is 6.19. The molecule has 0 saturated carbocycles. The first-order valence-corrected chi connectivity index (χ1v) is 9.37. The van der Waals surface area contributed by atoms with E-state index in [0.29, 0.717) is 62.0 Å². The zero-order chi connectivity index (χ0) is 20.3. The summed E-state index contributed by atoms with van der Waals surface area (Å²) in [6, 6.07) is 3.28.